The molecule has 8 nitrogen and oxygen atoms in total. The maximum Gasteiger partial charge on any atom is 0.264 e. The van der Waals surface area contributed by atoms with Crippen molar-refractivity contribution in [2.45, 2.75) is 17.9 Å². The number of para-hydroxylation sites is 2. The quantitative estimate of drug-likeness (QED) is 0.525. The zero-order chi connectivity index (χ0) is 24.3. The van der Waals surface area contributed by atoms with Crippen LogP contribution in [0.25, 0.3) is 0 Å². The van der Waals surface area contributed by atoms with Crippen molar-refractivity contribution >= 4 is 21.6 Å². The molecule has 3 aromatic rings. The summed E-state index contributed by atoms with van der Waals surface area (Å²) in [4.78, 5) is 12.2. The van der Waals surface area contributed by atoms with Crippen LogP contribution in [0.3, 0.4) is 0 Å². The minimum absolute atomic E-state index is 0.00815. The van der Waals surface area contributed by atoms with Crippen LogP contribution in [0.4, 0.5) is 10.1 Å². The SMILES string of the molecule is COc1ccccc1NS(=O)(=O)c1cc(C(=O)N[C@@H](C)c2ccc3c(c2)OCCO3)ccc1F. The van der Waals surface area contributed by atoms with Gasteiger partial charge in [0.1, 0.15) is 29.7 Å². The highest BCUT2D eigenvalue weighted by Gasteiger charge is 2.23. The third kappa shape index (κ3) is 4.91. The lowest BCUT2D eigenvalue weighted by atomic mass is 10.1. The van der Waals surface area contributed by atoms with Crippen LogP contribution in [0, 0.1) is 5.82 Å². The van der Waals surface area contributed by atoms with Crippen molar-refractivity contribution in [3.63, 3.8) is 0 Å². The third-order valence-corrected chi connectivity index (χ3v) is 6.63. The van der Waals surface area contributed by atoms with E-state index in [2.05, 4.69) is 10.0 Å². The summed E-state index contributed by atoms with van der Waals surface area (Å²) in [5.74, 6) is -0.0597. The summed E-state index contributed by atoms with van der Waals surface area (Å²) in [5, 5.41) is 2.79. The maximum atomic E-state index is 14.5. The lowest BCUT2D eigenvalue weighted by Crippen LogP contribution is -2.27. The Bertz CT molecular complexity index is 1330. The van der Waals surface area contributed by atoms with Gasteiger partial charge in [-0.15, -0.1) is 0 Å². The number of hydrogen-bond donors (Lipinski definition) is 2. The Morgan fingerprint density at radius 1 is 1.03 bits per heavy atom. The molecule has 34 heavy (non-hydrogen) atoms. The van der Waals surface area contributed by atoms with Crippen molar-refractivity contribution in [1.29, 1.82) is 0 Å². The summed E-state index contributed by atoms with van der Waals surface area (Å²) in [6, 6.07) is 14.4. The van der Waals surface area contributed by atoms with E-state index in [0.717, 1.165) is 17.7 Å². The highest BCUT2D eigenvalue weighted by molar-refractivity contribution is 7.92. The fraction of sp³-hybridized carbons (Fsp3) is 0.208. The van der Waals surface area contributed by atoms with Crippen LogP contribution in [0.5, 0.6) is 17.2 Å². The summed E-state index contributed by atoms with van der Waals surface area (Å²) in [5.41, 5.74) is 0.906. The second-order valence-electron chi connectivity index (χ2n) is 7.55. The molecule has 0 aliphatic carbocycles. The number of fused-ring (bicyclic) bond motifs is 1. The third-order valence-electron chi connectivity index (χ3n) is 5.25. The van der Waals surface area contributed by atoms with Gasteiger partial charge in [-0.1, -0.05) is 18.2 Å². The fourth-order valence-corrected chi connectivity index (χ4v) is 4.65. The number of hydrogen-bond acceptors (Lipinski definition) is 6. The Morgan fingerprint density at radius 3 is 2.53 bits per heavy atom. The Kier molecular flexibility index (Phi) is 6.60. The Hall–Kier alpha value is -3.79. The van der Waals surface area contributed by atoms with Gasteiger partial charge in [0.15, 0.2) is 11.5 Å². The van der Waals surface area contributed by atoms with Gasteiger partial charge in [-0.2, -0.15) is 0 Å². The number of halogens is 1. The predicted octanol–water partition coefficient (Wildman–Crippen LogP) is 3.90. The van der Waals surface area contributed by atoms with E-state index in [1.54, 1.807) is 43.3 Å². The van der Waals surface area contributed by atoms with Gasteiger partial charge in [0.2, 0.25) is 0 Å². The molecule has 1 atom stereocenters. The first-order chi connectivity index (χ1) is 16.3. The van der Waals surface area contributed by atoms with Crippen molar-refractivity contribution < 1.29 is 31.8 Å². The largest absolute Gasteiger partial charge is 0.495 e. The van der Waals surface area contributed by atoms with Crippen molar-refractivity contribution in [1.82, 2.24) is 5.32 Å². The number of benzene rings is 3. The topological polar surface area (TPSA) is 103 Å². The van der Waals surface area contributed by atoms with E-state index in [9.17, 15) is 17.6 Å². The van der Waals surface area contributed by atoms with Crippen LogP contribution in [0.2, 0.25) is 0 Å². The first-order valence-electron chi connectivity index (χ1n) is 10.4. The second kappa shape index (κ2) is 9.60. The molecule has 1 heterocycles. The van der Waals surface area contributed by atoms with Crippen LogP contribution in [0.1, 0.15) is 28.9 Å². The number of carbonyl (C=O) groups is 1. The summed E-state index contributed by atoms with van der Waals surface area (Å²) in [7, 11) is -2.95. The van der Waals surface area contributed by atoms with E-state index < -0.39 is 32.7 Å². The molecule has 0 fully saturated rings. The molecule has 1 aliphatic rings. The van der Waals surface area contributed by atoms with E-state index in [1.807, 2.05) is 0 Å². The van der Waals surface area contributed by atoms with E-state index in [4.69, 9.17) is 14.2 Å². The zero-order valence-electron chi connectivity index (χ0n) is 18.5. The van der Waals surface area contributed by atoms with Crippen molar-refractivity contribution in [3.8, 4) is 17.2 Å². The molecule has 1 aliphatic heterocycles. The lowest BCUT2D eigenvalue weighted by Gasteiger charge is -2.21. The summed E-state index contributed by atoms with van der Waals surface area (Å²) in [6.45, 7) is 2.68. The average molecular weight is 487 g/mol. The number of amides is 1. The molecular weight excluding hydrogens is 463 g/mol. The van der Waals surface area contributed by atoms with Gasteiger partial charge in [0.25, 0.3) is 15.9 Å². The van der Waals surface area contributed by atoms with Gasteiger partial charge in [0, 0.05) is 5.56 Å². The Balaban J connectivity index is 1.54. The summed E-state index contributed by atoms with van der Waals surface area (Å²) in [6.07, 6.45) is 0. The van der Waals surface area contributed by atoms with Crippen LogP contribution in [-0.2, 0) is 10.0 Å². The van der Waals surface area contributed by atoms with Gasteiger partial charge in [-0.25, -0.2) is 12.8 Å². The van der Waals surface area contributed by atoms with Gasteiger partial charge in [-0.05, 0) is 55.0 Å². The molecule has 0 saturated carbocycles. The normalized spacial score (nSPS) is 13.6. The molecule has 0 spiro atoms. The standard InChI is InChI=1S/C24H23FN2O6S/c1-15(16-8-10-21-22(13-16)33-12-11-32-21)26-24(28)17-7-9-18(25)23(14-17)34(29,30)27-19-5-3-4-6-20(19)31-2/h3-10,13-15,27H,11-12H2,1-2H3,(H,26,28)/t15-/m0/s1. The molecule has 3 aromatic carbocycles. The number of methoxy groups -OCH3 is 1. The van der Waals surface area contributed by atoms with Gasteiger partial charge < -0.3 is 19.5 Å². The highest BCUT2D eigenvalue weighted by Crippen LogP contribution is 2.33. The van der Waals surface area contributed by atoms with Crippen LogP contribution in [0.15, 0.2) is 65.6 Å². The summed E-state index contributed by atoms with van der Waals surface area (Å²) >= 11 is 0. The average Bonchev–Trinajstić information content (AvgIpc) is 2.83. The predicted molar refractivity (Wildman–Crippen MR) is 124 cm³/mol. The molecule has 0 unspecified atom stereocenters. The molecule has 0 bridgehead atoms. The minimum Gasteiger partial charge on any atom is -0.495 e. The number of anilines is 1. The smallest absolute Gasteiger partial charge is 0.264 e. The number of rotatable bonds is 7. The minimum atomic E-state index is -4.34. The van der Waals surface area contributed by atoms with Crippen molar-refractivity contribution in [2.75, 3.05) is 25.0 Å². The molecular formula is C24H23FN2O6S. The molecule has 2 N–H and O–H groups in total. The Labute approximate surface area is 196 Å². The number of carbonyl (C=O) groups excluding carboxylic acids is 1. The first-order valence-corrected chi connectivity index (χ1v) is 11.9. The van der Waals surface area contributed by atoms with Crippen molar-refractivity contribution in [3.05, 3.63) is 77.6 Å². The molecule has 10 heteroatoms. The van der Waals surface area contributed by atoms with Crippen LogP contribution >= 0.6 is 0 Å². The van der Waals surface area contributed by atoms with Gasteiger partial charge in [0.05, 0.1) is 18.8 Å². The fourth-order valence-electron chi connectivity index (χ4n) is 3.47. The van der Waals surface area contributed by atoms with E-state index >= 15 is 0 Å². The monoisotopic (exact) mass is 486 g/mol. The van der Waals surface area contributed by atoms with Crippen LogP contribution < -0.4 is 24.2 Å². The van der Waals surface area contributed by atoms with Crippen LogP contribution in [-0.4, -0.2) is 34.6 Å². The zero-order valence-corrected chi connectivity index (χ0v) is 19.3. The van der Waals surface area contributed by atoms with Gasteiger partial charge in [-0.3, -0.25) is 9.52 Å². The van der Waals surface area contributed by atoms with E-state index in [1.165, 1.54) is 19.2 Å². The molecule has 0 radical (unpaired) electrons. The van der Waals surface area contributed by atoms with E-state index in [0.29, 0.717) is 24.7 Å². The highest BCUT2D eigenvalue weighted by atomic mass is 32.2. The summed E-state index contributed by atoms with van der Waals surface area (Å²) < 4.78 is 58.8. The lowest BCUT2D eigenvalue weighted by molar-refractivity contribution is 0.0939. The molecule has 4 rings (SSSR count). The van der Waals surface area contributed by atoms with E-state index in [-0.39, 0.29) is 17.0 Å². The Morgan fingerprint density at radius 2 is 1.76 bits per heavy atom. The maximum absolute atomic E-state index is 14.5. The second-order valence-corrected chi connectivity index (χ2v) is 9.20. The van der Waals surface area contributed by atoms with Gasteiger partial charge >= 0.3 is 0 Å². The molecule has 0 aromatic heterocycles. The number of sulfonamides is 1. The number of ether oxygens (including phenoxy) is 3. The molecule has 178 valence electrons. The number of nitrogens with one attached hydrogen (secondary N) is 2. The molecule has 0 saturated heterocycles. The first kappa shape index (κ1) is 23.4. The molecule has 1 amide bonds. The van der Waals surface area contributed by atoms with Crippen molar-refractivity contribution in [2.24, 2.45) is 0 Å².